The van der Waals surface area contributed by atoms with Crippen molar-refractivity contribution in [3.05, 3.63) is 69.2 Å². The van der Waals surface area contributed by atoms with E-state index in [2.05, 4.69) is 21.2 Å². The Balaban J connectivity index is 2.32. The molecule has 0 saturated heterocycles. The molecule has 0 fully saturated rings. The lowest BCUT2D eigenvalue weighted by molar-refractivity contribution is 0.441. The van der Waals surface area contributed by atoms with E-state index in [4.69, 9.17) is 0 Å². The number of benzene rings is 2. The minimum Gasteiger partial charge on any atom is -0.313 e. The van der Waals surface area contributed by atoms with Crippen LogP contribution in [-0.4, -0.2) is 7.05 Å². The highest BCUT2D eigenvalue weighted by Crippen LogP contribution is 2.26. The molecule has 0 aliphatic rings. The first-order valence-electron chi connectivity index (χ1n) is 6.18. The second kappa shape index (κ2) is 6.58. The van der Waals surface area contributed by atoms with Crippen LogP contribution in [0.5, 0.6) is 0 Å². The van der Waals surface area contributed by atoms with Gasteiger partial charge in [-0.1, -0.05) is 22.0 Å². The molecule has 112 valence electrons. The summed E-state index contributed by atoms with van der Waals surface area (Å²) in [5, 5.41) is 2.91. The normalized spacial score (nSPS) is 12.5. The molecule has 2 aromatic rings. The van der Waals surface area contributed by atoms with Gasteiger partial charge in [-0.2, -0.15) is 0 Å². The van der Waals surface area contributed by atoms with Crippen LogP contribution in [0.2, 0.25) is 0 Å². The molecule has 1 atom stereocenters. The Morgan fingerprint density at radius 2 is 1.67 bits per heavy atom. The Labute approximate surface area is 128 Å². The van der Waals surface area contributed by atoms with E-state index in [1.165, 1.54) is 12.1 Å². The Hall–Kier alpha value is -1.40. The maximum atomic E-state index is 13.3. The quantitative estimate of drug-likeness (QED) is 0.624. The van der Waals surface area contributed by atoms with E-state index in [-0.39, 0.29) is 11.4 Å². The predicted octanol–water partition coefficient (Wildman–Crippen LogP) is 4.51. The SMILES string of the molecule is CNC(Cc1ccc(F)cc1Br)c1cc(F)c(F)c(F)c1. The molecule has 1 unspecified atom stereocenters. The molecule has 0 aromatic heterocycles. The van der Waals surface area contributed by atoms with Gasteiger partial charge in [-0.05, 0) is 48.9 Å². The monoisotopic (exact) mass is 361 g/mol. The maximum Gasteiger partial charge on any atom is 0.194 e. The molecule has 0 spiro atoms. The lowest BCUT2D eigenvalue weighted by Crippen LogP contribution is -2.19. The third kappa shape index (κ3) is 3.63. The van der Waals surface area contributed by atoms with Crippen LogP contribution in [0.25, 0.3) is 0 Å². The van der Waals surface area contributed by atoms with Crippen LogP contribution in [0.1, 0.15) is 17.2 Å². The molecule has 0 aliphatic carbocycles. The zero-order valence-electron chi connectivity index (χ0n) is 11.1. The van der Waals surface area contributed by atoms with Crippen LogP contribution in [0.4, 0.5) is 17.6 Å². The van der Waals surface area contributed by atoms with Crippen LogP contribution in [-0.2, 0) is 6.42 Å². The van der Waals surface area contributed by atoms with E-state index in [9.17, 15) is 17.6 Å². The number of halogens is 5. The molecule has 0 amide bonds. The van der Waals surface area contributed by atoms with Crippen molar-refractivity contribution < 1.29 is 17.6 Å². The first-order chi connectivity index (χ1) is 9.92. The van der Waals surface area contributed by atoms with Crippen LogP contribution >= 0.6 is 15.9 Å². The molecule has 6 heteroatoms. The number of likely N-dealkylation sites (N-methyl/N-ethyl adjacent to an activating group) is 1. The molecule has 2 rings (SSSR count). The molecule has 0 heterocycles. The fraction of sp³-hybridized carbons (Fsp3) is 0.200. The van der Waals surface area contributed by atoms with Crippen molar-refractivity contribution >= 4 is 15.9 Å². The van der Waals surface area contributed by atoms with E-state index in [0.717, 1.165) is 17.7 Å². The van der Waals surface area contributed by atoms with Gasteiger partial charge in [-0.3, -0.25) is 0 Å². The van der Waals surface area contributed by atoms with Gasteiger partial charge >= 0.3 is 0 Å². The number of hydrogen-bond donors (Lipinski definition) is 1. The topological polar surface area (TPSA) is 12.0 Å². The zero-order chi connectivity index (χ0) is 15.6. The second-order valence-electron chi connectivity index (χ2n) is 4.58. The summed E-state index contributed by atoms with van der Waals surface area (Å²) in [5.74, 6) is -4.34. The van der Waals surface area contributed by atoms with E-state index < -0.39 is 23.5 Å². The number of nitrogens with one attached hydrogen (secondary N) is 1. The highest BCUT2D eigenvalue weighted by atomic mass is 79.9. The van der Waals surface area contributed by atoms with E-state index in [0.29, 0.717) is 10.9 Å². The molecular formula is C15H12BrF4N. The Bertz CT molecular complexity index is 637. The number of rotatable bonds is 4. The smallest absolute Gasteiger partial charge is 0.194 e. The Kier molecular flexibility index (Phi) is 5.00. The molecule has 1 nitrogen and oxygen atoms in total. The summed E-state index contributed by atoms with van der Waals surface area (Å²) >= 11 is 3.24. The van der Waals surface area contributed by atoms with Crippen LogP contribution in [0.15, 0.2) is 34.8 Å². The van der Waals surface area contributed by atoms with Crippen LogP contribution in [0, 0.1) is 23.3 Å². The van der Waals surface area contributed by atoms with Crippen molar-refractivity contribution in [3.8, 4) is 0 Å². The molecule has 21 heavy (non-hydrogen) atoms. The maximum absolute atomic E-state index is 13.3. The lowest BCUT2D eigenvalue weighted by atomic mass is 9.98. The van der Waals surface area contributed by atoms with Crippen molar-refractivity contribution in [2.75, 3.05) is 7.05 Å². The molecule has 0 radical (unpaired) electrons. The van der Waals surface area contributed by atoms with Crippen molar-refractivity contribution in [3.63, 3.8) is 0 Å². The van der Waals surface area contributed by atoms with Gasteiger partial charge in [0, 0.05) is 10.5 Å². The van der Waals surface area contributed by atoms with Crippen molar-refractivity contribution in [1.29, 1.82) is 0 Å². The largest absolute Gasteiger partial charge is 0.313 e. The minimum absolute atomic E-state index is 0.283. The summed E-state index contributed by atoms with van der Waals surface area (Å²) in [7, 11) is 1.63. The van der Waals surface area contributed by atoms with Gasteiger partial charge in [0.1, 0.15) is 5.82 Å². The third-order valence-corrected chi connectivity index (χ3v) is 3.93. The lowest BCUT2D eigenvalue weighted by Gasteiger charge is -2.18. The summed E-state index contributed by atoms with van der Waals surface area (Å²) in [6, 6.07) is 5.68. The Morgan fingerprint density at radius 3 is 2.19 bits per heavy atom. The van der Waals surface area contributed by atoms with Crippen molar-refractivity contribution in [2.45, 2.75) is 12.5 Å². The molecule has 0 saturated carbocycles. The van der Waals surface area contributed by atoms with Crippen LogP contribution in [0.3, 0.4) is 0 Å². The van der Waals surface area contributed by atoms with Gasteiger partial charge in [-0.25, -0.2) is 17.6 Å². The highest BCUT2D eigenvalue weighted by Gasteiger charge is 2.17. The molecule has 1 N–H and O–H groups in total. The predicted molar refractivity (Wildman–Crippen MR) is 75.9 cm³/mol. The summed E-state index contributed by atoms with van der Waals surface area (Å²) in [4.78, 5) is 0. The van der Waals surface area contributed by atoms with E-state index in [1.807, 2.05) is 0 Å². The summed E-state index contributed by atoms with van der Waals surface area (Å²) < 4.78 is 53.2. The highest BCUT2D eigenvalue weighted by molar-refractivity contribution is 9.10. The standard InChI is InChI=1S/C15H12BrF4N/c1-21-14(6-8-2-3-10(17)7-11(8)16)9-4-12(18)15(20)13(19)5-9/h2-5,7,14,21H,6H2,1H3. The van der Waals surface area contributed by atoms with Gasteiger partial charge in [0.2, 0.25) is 0 Å². The van der Waals surface area contributed by atoms with Gasteiger partial charge in [-0.15, -0.1) is 0 Å². The molecule has 2 aromatic carbocycles. The van der Waals surface area contributed by atoms with E-state index in [1.54, 1.807) is 13.1 Å². The fourth-order valence-electron chi connectivity index (χ4n) is 2.07. The van der Waals surface area contributed by atoms with Gasteiger partial charge in [0.05, 0.1) is 0 Å². The van der Waals surface area contributed by atoms with Crippen molar-refractivity contribution in [2.24, 2.45) is 0 Å². The van der Waals surface area contributed by atoms with Gasteiger partial charge in [0.25, 0.3) is 0 Å². The average Bonchev–Trinajstić information content (AvgIpc) is 2.43. The molecule has 0 aliphatic heterocycles. The van der Waals surface area contributed by atoms with Crippen molar-refractivity contribution in [1.82, 2.24) is 5.32 Å². The average molecular weight is 362 g/mol. The molecular weight excluding hydrogens is 350 g/mol. The zero-order valence-corrected chi connectivity index (χ0v) is 12.6. The van der Waals surface area contributed by atoms with Gasteiger partial charge in [0.15, 0.2) is 17.5 Å². The Morgan fingerprint density at radius 1 is 1.05 bits per heavy atom. The first kappa shape index (κ1) is 16.0. The summed E-state index contributed by atoms with van der Waals surface area (Å²) in [6.07, 6.45) is 0.363. The van der Waals surface area contributed by atoms with Gasteiger partial charge < -0.3 is 5.32 Å². The summed E-state index contributed by atoms with van der Waals surface area (Å²) in [5.41, 5.74) is 1.05. The summed E-state index contributed by atoms with van der Waals surface area (Å²) in [6.45, 7) is 0. The molecule has 0 bridgehead atoms. The van der Waals surface area contributed by atoms with E-state index >= 15 is 0 Å². The first-order valence-corrected chi connectivity index (χ1v) is 6.97. The van der Waals surface area contributed by atoms with Crippen LogP contribution < -0.4 is 5.32 Å². The third-order valence-electron chi connectivity index (χ3n) is 3.20. The fourth-order valence-corrected chi connectivity index (χ4v) is 2.58. The second-order valence-corrected chi connectivity index (χ2v) is 5.43. The minimum atomic E-state index is -1.49. The number of hydrogen-bond acceptors (Lipinski definition) is 1.